The first-order valence-corrected chi connectivity index (χ1v) is 5.26. The summed E-state index contributed by atoms with van der Waals surface area (Å²) < 4.78 is 2.25. The van der Waals surface area contributed by atoms with Gasteiger partial charge in [-0.3, -0.25) is 0 Å². The Morgan fingerprint density at radius 2 is 2.45 bits per heavy atom. The Hall–Kier alpha value is -0.440. The predicted octanol–water partition coefficient (Wildman–Crippen LogP) is 1.36. The highest BCUT2D eigenvalue weighted by Crippen LogP contribution is 1.95. The number of aryl methyl sites for hydroxylation is 2. The van der Waals surface area contributed by atoms with Crippen LogP contribution in [0.1, 0.15) is 12.2 Å². The van der Waals surface area contributed by atoms with Crippen LogP contribution in [-0.4, -0.2) is 17.0 Å². The molecule has 0 atom stereocenters. The molecule has 3 heteroatoms. The molecule has 0 amide bonds. The van der Waals surface area contributed by atoms with Gasteiger partial charge in [-0.2, -0.15) is 11.8 Å². The van der Waals surface area contributed by atoms with Gasteiger partial charge in [-0.25, -0.2) is 9.55 Å². The van der Waals surface area contributed by atoms with E-state index in [9.17, 15) is 0 Å². The zero-order valence-electron chi connectivity index (χ0n) is 7.13. The fraction of sp³-hybridized carbons (Fsp3) is 0.625. The van der Waals surface area contributed by atoms with Crippen LogP contribution < -0.4 is 4.57 Å². The normalized spacial score (nSPS) is 10.4. The summed E-state index contributed by atoms with van der Waals surface area (Å²) in [7, 11) is 0. The summed E-state index contributed by atoms with van der Waals surface area (Å²) in [4.78, 5) is 3.15. The number of rotatable bonds is 4. The highest BCUT2D eigenvalue weighted by atomic mass is 32.2. The first-order valence-electron chi connectivity index (χ1n) is 3.87. The lowest BCUT2D eigenvalue weighted by Crippen LogP contribution is -2.34. The summed E-state index contributed by atoms with van der Waals surface area (Å²) in [5, 5.41) is 0. The molecule has 0 unspecified atom stereocenters. The molecule has 62 valence electrons. The van der Waals surface area contributed by atoms with E-state index in [0.29, 0.717) is 0 Å². The summed E-state index contributed by atoms with van der Waals surface area (Å²) >= 11 is 1.91. The van der Waals surface area contributed by atoms with E-state index in [0.717, 1.165) is 6.54 Å². The van der Waals surface area contributed by atoms with Crippen molar-refractivity contribution in [3.63, 3.8) is 0 Å². The highest BCUT2D eigenvalue weighted by molar-refractivity contribution is 7.98. The Balaban J connectivity index is 2.32. The van der Waals surface area contributed by atoms with Crippen molar-refractivity contribution in [2.45, 2.75) is 19.9 Å². The van der Waals surface area contributed by atoms with Crippen LogP contribution in [0.4, 0.5) is 0 Å². The summed E-state index contributed by atoms with van der Waals surface area (Å²) in [5.74, 6) is 2.49. The van der Waals surface area contributed by atoms with E-state index in [-0.39, 0.29) is 0 Å². The number of thioether (sulfide) groups is 1. The SMILES string of the molecule is CSCCC[n+]1cc[nH]c1C. The standard InChI is InChI=1S/C8H14N2S/c1-8-9-4-6-10(8)5-3-7-11-2/h4,6H,3,5,7H2,1-2H3/p+1. The predicted molar refractivity (Wildman–Crippen MR) is 48.7 cm³/mol. The van der Waals surface area contributed by atoms with Crippen LogP contribution in [0.3, 0.4) is 0 Å². The van der Waals surface area contributed by atoms with Crippen LogP contribution in [-0.2, 0) is 6.54 Å². The van der Waals surface area contributed by atoms with Crippen molar-refractivity contribution in [3.8, 4) is 0 Å². The third-order valence-electron chi connectivity index (χ3n) is 1.72. The number of hydrogen-bond donors (Lipinski definition) is 1. The molecule has 1 aromatic heterocycles. The molecule has 0 aromatic carbocycles. The second-order valence-corrected chi connectivity index (χ2v) is 3.57. The zero-order valence-corrected chi connectivity index (χ0v) is 7.95. The Bertz CT molecular complexity index is 208. The molecule has 11 heavy (non-hydrogen) atoms. The van der Waals surface area contributed by atoms with Gasteiger partial charge in [0.05, 0.1) is 6.54 Å². The van der Waals surface area contributed by atoms with Crippen LogP contribution in [0.25, 0.3) is 0 Å². The number of imidazole rings is 1. The third kappa shape index (κ3) is 2.58. The maximum atomic E-state index is 3.15. The Kier molecular flexibility index (Phi) is 3.49. The van der Waals surface area contributed by atoms with Gasteiger partial charge in [0.2, 0.25) is 0 Å². The fourth-order valence-electron chi connectivity index (χ4n) is 1.06. The number of nitrogens with zero attached hydrogens (tertiary/aromatic N) is 1. The lowest BCUT2D eigenvalue weighted by atomic mass is 10.4. The van der Waals surface area contributed by atoms with E-state index in [4.69, 9.17) is 0 Å². The third-order valence-corrected chi connectivity index (χ3v) is 2.42. The van der Waals surface area contributed by atoms with Crippen molar-refractivity contribution in [1.29, 1.82) is 0 Å². The van der Waals surface area contributed by atoms with Crippen molar-refractivity contribution < 1.29 is 4.57 Å². The van der Waals surface area contributed by atoms with E-state index in [1.165, 1.54) is 18.0 Å². The lowest BCUT2D eigenvalue weighted by Gasteiger charge is -1.95. The Morgan fingerprint density at radius 3 is 3.00 bits per heavy atom. The van der Waals surface area contributed by atoms with Crippen molar-refractivity contribution in [2.24, 2.45) is 0 Å². The van der Waals surface area contributed by atoms with Crippen molar-refractivity contribution in [1.82, 2.24) is 4.98 Å². The first kappa shape index (κ1) is 8.65. The maximum Gasteiger partial charge on any atom is 0.251 e. The van der Waals surface area contributed by atoms with Crippen molar-refractivity contribution >= 4 is 11.8 Å². The summed E-state index contributed by atoms with van der Waals surface area (Å²) in [6, 6.07) is 0. The quantitative estimate of drug-likeness (QED) is 0.535. The molecule has 1 rings (SSSR count). The number of hydrogen-bond acceptors (Lipinski definition) is 1. The number of nitrogens with one attached hydrogen (secondary N) is 1. The fourth-order valence-corrected chi connectivity index (χ4v) is 1.48. The maximum absolute atomic E-state index is 3.15. The van der Waals surface area contributed by atoms with Gasteiger partial charge in [0, 0.05) is 6.92 Å². The summed E-state index contributed by atoms with van der Waals surface area (Å²) in [6.45, 7) is 3.23. The minimum atomic E-state index is 1.14. The molecule has 0 bridgehead atoms. The van der Waals surface area contributed by atoms with Crippen molar-refractivity contribution in [3.05, 3.63) is 18.2 Å². The monoisotopic (exact) mass is 171 g/mol. The molecule has 1 heterocycles. The second-order valence-electron chi connectivity index (χ2n) is 2.59. The Labute approximate surface area is 72.0 Å². The smallest absolute Gasteiger partial charge is 0.248 e. The van der Waals surface area contributed by atoms with E-state index in [1.807, 2.05) is 18.0 Å². The first-order chi connectivity index (χ1) is 5.34. The summed E-state index contributed by atoms with van der Waals surface area (Å²) in [6.07, 6.45) is 7.48. The van der Waals surface area contributed by atoms with Gasteiger partial charge < -0.3 is 0 Å². The molecule has 0 aliphatic carbocycles. The van der Waals surface area contributed by atoms with Crippen LogP contribution in [0.5, 0.6) is 0 Å². The molecule has 0 saturated carbocycles. The van der Waals surface area contributed by atoms with Gasteiger partial charge in [0.15, 0.2) is 0 Å². The van der Waals surface area contributed by atoms with E-state index in [2.05, 4.69) is 28.9 Å². The van der Waals surface area contributed by atoms with Gasteiger partial charge in [0.25, 0.3) is 5.82 Å². The number of aromatic amines is 1. The highest BCUT2D eigenvalue weighted by Gasteiger charge is 2.01. The summed E-state index contributed by atoms with van der Waals surface area (Å²) in [5.41, 5.74) is 0. The molecule has 2 nitrogen and oxygen atoms in total. The molecular weight excluding hydrogens is 156 g/mol. The van der Waals surface area contributed by atoms with Crippen LogP contribution in [0.15, 0.2) is 12.4 Å². The molecule has 0 fully saturated rings. The van der Waals surface area contributed by atoms with Gasteiger partial charge in [-0.1, -0.05) is 0 Å². The molecule has 1 aromatic rings. The molecule has 0 saturated heterocycles. The largest absolute Gasteiger partial charge is 0.251 e. The van der Waals surface area contributed by atoms with Crippen LogP contribution >= 0.6 is 11.8 Å². The van der Waals surface area contributed by atoms with E-state index in [1.54, 1.807) is 0 Å². The van der Waals surface area contributed by atoms with Crippen molar-refractivity contribution in [2.75, 3.05) is 12.0 Å². The number of H-pyrrole nitrogens is 1. The van der Waals surface area contributed by atoms with Gasteiger partial charge in [0.1, 0.15) is 12.4 Å². The average molecular weight is 171 g/mol. The second kappa shape index (κ2) is 4.44. The van der Waals surface area contributed by atoms with Gasteiger partial charge >= 0.3 is 0 Å². The molecule has 0 aliphatic heterocycles. The topological polar surface area (TPSA) is 19.7 Å². The zero-order chi connectivity index (χ0) is 8.10. The lowest BCUT2D eigenvalue weighted by molar-refractivity contribution is -0.701. The van der Waals surface area contributed by atoms with Gasteiger partial charge in [-0.05, 0) is 18.4 Å². The molecule has 1 N–H and O–H groups in total. The van der Waals surface area contributed by atoms with E-state index < -0.39 is 0 Å². The average Bonchev–Trinajstić information content (AvgIpc) is 2.37. The van der Waals surface area contributed by atoms with Gasteiger partial charge in [-0.15, -0.1) is 0 Å². The van der Waals surface area contributed by atoms with Crippen LogP contribution in [0, 0.1) is 6.92 Å². The molecular formula is C8H15N2S+. The molecule has 0 aliphatic rings. The molecule has 0 radical (unpaired) electrons. The van der Waals surface area contributed by atoms with E-state index >= 15 is 0 Å². The minimum absolute atomic E-state index is 1.14. The number of aromatic nitrogens is 2. The minimum Gasteiger partial charge on any atom is -0.248 e. The molecule has 0 spiro atoms. The Morgan fingerprint density at radius 1 is 1.64 bits per heavy atom. The van der Waals surface area contributed by atoms with Crippen LogP contribution in [0.2, 0.25) is 0 Å².